The van der Waals surface area contributed by atoms with Crippen LogP contribution in [0.25, 0.3) is 16.9 Å². The lowest BCUT2D eigenvalue weighted by atomic mass is 10.2. The van der Waals surface area contributed by atoms with Crippen LogP contribution < -0.4 is 0 Å². The van der Waals surface area contributed by atoms with Gasteiger partial charge in [0, 0.05) is 6.20 Å². The van der Waals surface area contributed by atoms with Gasteiger partial charge in [0.1, 0.15) is 27.4 Å². The summed E-state index contributed by atoms with van der Waals surface area (Å²) in [5.41, 5.74) is 1.19. The van der Waals surface area contributed by atoms with Gasteiger partial charge in [-0.3, -0.25) is 4.40 Å². The lowest BCUT2D eigenvalue weighted by Crippen LogP contribution is -1.89. The molecule has 0 amide bonds. The van der Waals surface area contributed by atoms with Crippen LogP contribution >= 0.6 is 15.9 Å². The normalized spacial score (nSPS) is 10.9. The summed E-state index contributed by atoms with van der Waals surface area (Å²) >= 11 is 3.32. The van der Waals surface area contributed by atoms with Gasteiger partial charge in [-0.25, -0.2) is 4.98 Å². The molecule has 0 unspecified atom stereocenters. The number of phenols is 1. The number of rotatable bonds is 1. The summed E-state index contributed by atoms with van der Waals surface area (Å²) in [5, 5.41) is 19.7. The molecule has 0 aliphatic heterocycles. The Labute approximate surface area is 111 Å². The Bertz CT molecular complexity index is 737. The minimum absolute atomic E-state index is 0.138. The van der Waals surface area contributed by atoms with Gasteiger partial charge in [-0.15, -0.1) is 0 Å². The van der Waals surface area contributed by atoms with E-state index >= 15 is 0 Å². The molecule has 1 aromatic carbocycles. The highest BCUT2D eigenvalue weighted by molar-refractivity contribution is 9.10. The van der Waals surface area contributed by atoms with Crippen LogP contribution in [0.2, 0.25) is 0 Å². The number of aromatic nitrogens is 2. The fourth-order valence-corrected chi connectivity index (χ4v) is 2.49. The number of benzene rings is 1. The van der Waals surface area contributed by atoms with Crippen LogP contribution in [-0.4, -0.2) is 19.6 Å². The monoisotopic (exact) mass is 304 g/mol. The number of halogens is 1. The van der Waals surface area contributed by atoms with E-state index in [1.54, 1.807) is 40.9 Å². The second-order valence-corrected chi connectivity index (χ2v) is 4.61. The van der Waals surface area contributed by atoms with Gasteiger partial charge in [-0.1, -0.05) is 12.1 Å². The molecule has 0 saturated carbocycles. The van der Waals surface area contributed by atoms with Crippen molar-refractivity contribution >= 4 is 21.4 Å². The van der Waals surface area contributed by atoms with E-state index in [2.05, 4.69) is 20.9 Å². The number of imidazole rings is 1. The molecule has 0 radical (unpaired) electrons. The average molecular weight is 305 g/mol. The minimum Gasteiger partial charge on any atom is -0.507 e. The summed E-state index contributed by atoms with van der Waals surface area (Å²) < 4.78 is 2.27. The zero-order chi connectivity index (χ0) is 12.7. The summed E-state index contributed by atoms with van der Waals surface area (Å²) in [6.45, 7) is 0. The quantitative estimate of drug-likeness (QED) is 0.726. The zero-order valence-electron chi connectivity index (χ0n) is 9.21. The maximum absolute atomic E-state index is 9.87. The summed E-state index contributed by atoms with van der Waals surface area (Å²) in [6, 6.07) is 10.3. The van der Waals surface area contributed by atoms with E-state index in [1.807, 2.05) is 6.07 Å². The molecular formula is C13H9BrN2O2. The van der Waals surface area contributed by atoms with Gasteiger partial charge in [0.15, 0.2) is 0 Å². The Morgan fingerprint density at radius 2 is 1.72 bits per heavy atom. The Morgan fingerprint density at radius 3 is 2.50 bits per heavy atom. The van der Waals surface area contributed by atoms with Gasteiger partial charge >= 0.3 is 0 Å². The summed E-state index contributed by atoms with van der Waals surface area (Å²) in [7, 11) is 0. The number of aromatic hydroxyl groups is 2. The molecule has 5 heteroatoms. The molecule has 0 aliphatic rings. The molecule has 0 fully saturated rings. The largest absolute Gasteiger partial charge is 0.507 e. The van der Waals surface area contributed by atoms with E-state index in [0.717, 1.165) is 0 Å². The van der Waals surface area contributed by atoms with E-state index in [1.165, 1.54) is 0 Å². The highest BCUT2D eigenvalue weighted by Gasteiger charge is 2.15. The molecule has 3 rings (SSSR count). The second kappa shape index (κ2) is 4.03. The van der Waals surface area contributed by atoms with E-state index in [9.17, 15) is 10.2 Å². The van der Waals surface area contributed by atoms with Crippen molar-refractivity contribution < 1.29 is 10.2 Å². The van der Waals surface area contributed by atoms with E-state index in [4.69, 9.17) is 0 Å². The molecule has 0 atom stereocenters. The Kier molecular flexibility index (Phi) is 2.48. The van der Waals surface area contributed by atoms with Gasteiger partial charge in [0.05, 0.1) is 5.56 Å². The van der Waals surface area contributed by atoms with Crippen molar-refractivity contribution in [1.29, 1.82) is 0 Å². The molecule has 90 valence electrons. The molecular weight excluding hydrogens is 296 g/mol. The summed E-state index contributed by atoms with van der Waals surface area (Å²) in [5.74, 6) is 0.865. The lowest BCUT2D eigenvalue weighted by Gasteiger charge is -2.03. The molecule has 2 N–H and O–H groups in total. The molecule has 0 spiro atoms. The van der Waals surface area contributed by atoms with Crippen molar-refractivity contribution in [2.75, 3.05) is 0 Å². The molecule has 0 bridgehead atoms. The smallest absolute Gasteiger partial charge is 0.149 e. The fraction of sp³-hybridized carbons (Fsp3) is 0. The molecule has 4 nitrogen and oxygen atoms in total. The van der Waals surface area contributed by atoms with Crippen molar-refractivity contribution in [3.63, 3.8) is 0 Å². The first-order chi connectivity index (χ1) is 8.68. The number of phenolic OH excluding ortho intramolecular Hbond substituents is 1. The SMILES string of the molecule is Oc1ccccc1-c1nc(Br)c2c(O)cccn12. The first kappa shape index (κ1) is 11.1. The van der Waals surface area contributed by atoms with Crippen LogP contribution in [0.4, 0.5) is 0 Å². The number of pyridine rings is 1. The van der Waals surface area contributed by atoms with Gasteiger partial charge in [-0.2, -0.15) is 0 Å². The highest BCUT2D eigenvalue weighted by Crippen LogP contribution is 2.34. The number of fused-ring (bicyclic) bond motifs is 1. The predicted molar refractivity (Wildman–Crippen MR) is 71.7 cm³/mol. The Hall–Kier alpha value is -2.01. The molecule has 0 saturated heterocycles. The second-order valence-electron chi connectivity index (χ2n) is 3.86. The first-order valence-electron chi connectivity index (χ1n) is 5.32. The standard InChI is InChI=1S/C13H9BrN2O2/c14-12-11-10(18)6-3-7-16(11)13(15-12)8-4-1-2-5-9(8)17/h1-7,17-18H. The Morgan fingerprint density at radius 1 is 1.00 bits per heavy atom. The molecule has 18 heavy (non-hydrogen) atoms. The molecule has 3 aromatic rings. The van der Waals surface area contributed by atoms with Crippen LogP contribution in [0.1, 0.15) is 0 Å². The third kappa shape index (κ3) is 1.55. The fourth-order valence-electron chi connectivity index (χ4n) is 1.93. The minimum atomic E-state index is 0.138. The Balaban J connectivity index is 2.38. The van der Waals surface area contributed by atoms with Gasteiger partial charge < -0.3 is 10.2 Å². The van der Waals surface area contributed by atoms with Gasteiger partial charge in [-0.05, 0) is 40.2 Å². The van der Waals surface area contributed by atoms with Crippen LogP contribution in [0.5, 0.6) is 11.5 Å². The van der Waals surface area contributed by atoms with E-state index < -0.39 is 0 Å². The predicted octanol–water partition coefficient (Wildman–Crippen LogP) is 3.18. The number of hydrogen-bond acceptors (Lipinski definition) is 3. The molecule has 2 heterocycles. The van der Waals surface area contributed by atoms with Crippen molar-refractivity contribution in [1.82, 2.24) is 9.38 Å². The summed E-state index contributed by atoms with van der Waals surface area (Å²) in [6.07, 6.45) is 1.79. The number of para-hydroxylation sites is 1. The van der Waals surface area contributed by atoms with Crippen molar-refractivity contribution in [2.24, 2.45) is 0 Å². The van der Waals surface area contributed by atoms with Crippen LogP contribution in [0, 0.1) is 0 Å². The molecule has 2 aromatic heterocycles. The van der Waals surface area contributed by atoms with Crippen molar-refractivity contribution in [3.05, 3.63) is 47.2 Å². The lowest BCUT2D eigenvalue weighted by molar-refractivity contribution is 0.476. The third-order valence-corrected chi connectivity index (χ3v) is 3.30. The maximum Gasteiger partial charge on any atom is 0.149 e. The van der Waals surface area contributed by atoms with E-state index in [0.29, 0.717) is 21.5 Å². The highest BCUT2D eigenvalue weighted by atomic mass is 79.9. The average Bonchev–Trinajstić information content (AvgIpc) is 2.69. The topological polar surface area (TPSA) is 57.8 Å². The first-order valence-corrected chi connectivity index (χ1v) is 6.11. The molecule has 0 aliphatic carbocycles. The number of nitrogens with zero attached hydrogens (tertiary/aromatic N) is 2. The summed E-state index contributed by atoms with van der Waals surface area (Å²) in [4.78, 5) is 4.34. The zero-order valence-corrected chi connectivity index (χ0v) is 10.8. The van der Waals surface area contributed by atoms with Crippen LogP contribution in [-0.2, 0) is 0 Å². The van der Waals surface area contributed by atoms with Crippen LogP contribution in [0.3, 0.4) is 0 Å². The maximum atomic E-state index is 9.87. The number of hydrogen-bond donors (Lipinski definition) is 2. The van der Waals surface area contributed by atoms with Crippen molar-refractivity contribution in [2.45, 2.75) is 0 Å². The third-order valence-electron chi connectivity index (χ3n) is 2.75. The van der Waals surface area contributed by atoms with Crippen LogP contribution in [0.15, 0.2) is 47.2 Å². The van der Waals surface area contributed by atoms with Crippen molar-refractivity contribution in [3.8, 4) is 22.9 Å². The van der Waals surface area contributed by atoms with Gasteiger partial charge in [0.25, 0.3) is 0 Å². The van der Waals surface area contributed by atoms with Gasteiger partial charge in [0.2, 0.25) is 0 Å². The van der Waals surface area contributed by atoms with E-state index in [-0.39, 0.29) is 11.5 Å².